The van der Waals surface area contributed by atoms with Gasteiger partial charge in [-0.3, -0.25) is 20.8 Å². The zero-order chi connectivity index (χ0) is 21.6. The monoisotopic (exact) mass is 416 g/mol. The van der Waals surface area contributed by atoms with Crippen LogP contribution < -0.4 is 26.8 Å². The molecule has 2 aliphatic rings. The van der Waals surface area contributed by atoms with Crippen molar-refractivity contribution in [2.24, 2.45) is 28.3 Å². The average Bonchev–Trinajstić information content (AvgIpc) is 2.74. The van der Waals surface area contributed by atoms with E-state index in [1.54, 1.807) is 7.11 Å². The van der Waals surface area contributed by atoms with Crippen LogP contribution in [0.15, 0.2) is 41.2 Å². The van der Waals surface area contributed by atoms with Gasteiger partial charge in [-0.05, 0) is 74.6 Å². The van der Waals surface area contributed by atoms with Gasteiger partial charge in [0.2, 0.25) is 0 Å². The van der Waals surface area contributed by atoms with E-state index in [-0.39, 0.29) is 5.70 Å². The van der Waals surface area contributed by atoms with Crippen molar-refractivity contribution in [3.8, 4) is 5.75 Å². The van der Waals surface area contributed by atoms with Gasteiger partial charge in [-0.1, -0.05) is 12.1 Å². The lowest BCUT2D eigenvalue weighted by molar-refractivity contribution is -0.437. The van der Waals surface area contributed by atoms with Crippen LogP contribution in [0, 0.1) is 22.0 Å². The van der Waals surface area contributed by atoms with Crippen LogP contribution in [-0.2, 0) is 6.42 Å². The predicted octanol–water partition coefficient (Wildman–Crippen LogP) is 1.71. The highest BCUT2D eigenvalue weighted by atomic mass is 16.6. The minimum Gasteiger partial charge on any atom is -0.497 e. The van der Waals surface area contributed by atoms with Crippen molar-refractivity contribution < 1.29 is 9.66 Å². The summed E-state index contributed by atoms with van der Waals surface area (Å²) in [4.78, 5) is 15.7. The molecule has 9 nitrogen and oxygen atoms in total. The van der Waals surface area contributed by atoms with Crippen LogP contribution in [0.1, 0.15) is 37.7 Å². The molecule has 0 aromatic heterocycles. The van der Waals surface area contributed by atoms with Gasteiger partial charge in [0.15, 0.2) is 11.6 Å². The smallest absolute Gasteiger partial charge is 0.301 e. The first-order valence-corrected chi connectivity index (χ1v) is 10.5. The summed E-state index contributed by atoms with van der Waals surface area (Å²) in [7, 11) is 1.64. The Bertz CT molecular complexity index is 804. The Labute approximate surface area is 177 Å². The molecular formula is C21H32N6O3. The SMILES string of the molecule is COc1cccc(CCN=C2NC=C([N+](=O)[O-])C(N)(CC3CCC(CN)CC3)N2)c1. The maximum absolute atomic E-state index is 11.6. The molecule has 1 aliphatic heterocycles. The van der Waals surface area contributed by atoms with Crippen LogP contribution >= 0.6 is 0 Å². The van der Waals surface area contributed by atoms with E-state index in [9.17, 15) is 10.1 Å². The van der Waals surface area contributed by atoms with Gasteiger partial charge >= 0.3 is 5.70 Å². The summed E-state index contributed by atoms with van der Waals surface area (Å²) in [5, 5.41) is 17.6. The minimum atomic E-state index is -1.25. The van der Waals surface area contributed by atoms with Gasteiger partial charge in [-0.15, -0.1) is 0 Å². The van der Waals surface area contributed by atoms with Gasteiger partial charge < -0.3 is 21.1 Å². The molecule has 9 heteroatoms. The number of guanidine groups is 1. The van der Waals surface area contributed by atoms with Gasteiger partial charge in [-0.2, -0.15) is 0 Å². The number of rotatable bonds is 8. The molecule has 1 aromatic carbocycles. The van der Waals surface area contributed by atoms with Crippen molar-refractivity contribution in [1.82, 2.24) is 10.6 Å². The Morgan fingerprint density at radius 1 is 1.30 bits per heavy atom. The number of aliphatic imine (C=N–C) groups is 1. The summed E-state index contributed by atoms with van der Waals surface area (Å²) in [6, 6.07) is 7.82. The van der Waals surface area contributed by atoms with Gasteiger partial charge in [0.1, 0.15) is 5.75 Å². The Balaban J connectivity index is 1.65. The van der Waals surface area contributed by atoms with E-state index in [4.69, 9.17) is 16.2 Å². The van der Waals surface area contributed by atoms with Crippen LogP contribution in [0.3, 0.4) is 0 Å². The molecular weight excluding hydrogens is 384 g/mol. The Kier molecular flexibility index (Phi) is 7.28. The number of hydrogen-bond donors (Lipinski definition) is 4. The van der Waals surface area contributed by atoms with Crippen LogP contribution in [0.4, 0.5) is 0 Å². The lowest BCUT2D eigenvalue weighted by Gasteiger charge is -2.37. The number of nitro groups is 1. The molecule has 0 spiro atoms. The first-order chi connectivity index (χ1) is 14.4. The molecule has 1 saturated carbocycles. The lowest BCUT2D eigenvalue weighted by atomic mass is 9.77. The summed E-state index contributed by atoms with van der Waals surface area (Å²) in [6.07, 6.45) is 6.66. The number of ether oxygens (including phenoxy) is 1. The van der Waals surface area contributed by atoms with Crippen molar-refractivity contribution in [3.63, 3.8) is 0 Å². The zero-order valence-corrected chi connectivity index (χ0v) is 17.5. The third-order valence-electron chi connectivity index (χ3n) is 6.06. The van der Waals surface area contributed by atoms with E-state index in [0.717, 1.165) is 43.4 Å². The summed E-state index contributed by atoms with van der Waals surface area (Å²) in [5.74, 6) is 2.14. The highest BCUT2D eigenvalue weighted by molar-refractivity contribution is 5.83. The number of hydrogen-bond acceptors (Lipinski definition) is 6. The standard InChI is InChI=1S/C21H32N6O3/c1-30-18-4-2-3-15(11-18)9-10-24-20-25-14-19(27(28)29)21(23,26-20)12-16-5-7-17(13-22)8-6-16/h2-4,11,14,16-17H,5-10,12-13,22-23H2,1H3,(H2,24,25,26). The first kappa shape index (κ1) is 22.0. The first-order valence-electron chi connectivity index (χ1n) is 10.5. The normalized spacial score (nSPS) is 27.7. The molecule has 1 aromatic rings. The van der Waals surface area contributed by atoms with E-state index in [1.165, 1.54) is 6.20 Å². The van der Waals surface area contributed by atoms with E-state index in [1.807, 2.05) is 24.3 Å². The van der Waals surface area contributed by atoms with Gasteiger partial charge in [-0.25, -0.2) is 0 Å². The molecule has 1 atom stereocenters. The number of nitrogens with two attached hydrogens (primary N) is 2. The molecule has 1 fully saturated rings. The van der Waals surface area contributed by atoms with E-state index >= 15 is 0 Å². The van der Waals surface area contributed by atoms with Crippen LogP contribution in [0.5, 0.6) is 5.75 Å². The van der Waals surface area contributed by atoms with Gasteiger partial charge in [0.05, 0.1) is 18.2 Å². The Morgan fingerprint density at radius 3 is 2.70 bits per heavy atom. The van der Waals surface area contributed by atoms with Gasteiger partial charge in [0, 0.05) is 6.54 Å². The summed E-state index contributed by atoms with van der Waals surface area (Å²) in [6.45, 7) is 1.22. The molecule has 3 rings (SSSR count). The minimum absolute atomic E-state index is 0.0600. The summed E-state index contributed by atoms with van der Waals surface area (Å²) < 4.78 is 5.24. The molecule has 164 valence electrons. The van der Waals surface area contributed by atoms with Crippen LogP contribution in [0.25, 0.3) is 0 Å². The quantitative estimate of drug-likeness (QED) is 0.373. The van der Waals surface area contributed by atoms with Crippen molar-refractivity contribution in [3.05, 3.63) is 51.8 Å². The second kappa shape index (κ2) is 9.90. The summed E-state index contributed by atoms with van der Waals surface area (Å²) >= 11 is 0. The molecule has 1 unspecified atom stereocenters. The molecule has 6 N–H and O–H groups in total. The van der Waals surface area contributed by atoms with Crippen LogP contribution in [0.2, 0.25) is 0 Å². The second-order valence-corrected chi connectivity index (χ2v) is 8.19. The lowest BCUT2D eigenvalue weighted by Crippen LogP contribution is -2.64. The van der Waals surface area contributed by atoms with E-state index in [0.29, 0.717) is 37.3 Å². The largest absolute Gasteiger partial charge is 0.497 e. The molecule has 1 heterocycles. The number of nitrogens with zero attached hydrogens (tertiary/aromatic N) is 2. The van der Waals surface area contributed by atoms with Crippen molar-refractivity contribution in [2.75, 3.05) is 20.2 Å². The molecule has 0 radical (unpaired) electrons. The second-order valence-electron chi connectivity index (χ2n) is 8.19. The maximum atomic E-state index is 11.6. The fourth-order valence-corrected chi connectivity index (χ4v) is 4.28. The molecule has 0 bridgehead atoms. The highest BCUT2D eigenvalue weighted by Crippen LogP contribution is 2.34. The topological polar surface area (TPSA) is 141 Å². The Hall–Kier alpha value is -2.65. The van der Waals surface area contributed by atoms with Crippen molar-refractivity contribution in [1.29, 1.82) is 0 Å². The van der Waals surface area contributed by atoms with Gasteiger partial charge in [0.25, 0.3) is 0 Å². The Morgan fingerprint density at radius 2 is 2.03 bits per heavy atom. The number of methoxy groups -OCH3 is 1. The molecule has 0 saturated heterocycles. The maximum Gasteiger partial charge on any atom is 0.301 e. The fraction of sp³-hybridized carbons (Fsp3) is 0.571. The van der Waals surface area contributed by atoms with Crippen molar-refractivity contribution in [2.45, 2.75) is 44.2 Å². The molecule has 1 aliphatic carbocycles. The average molecular weight is 417 g/mol. The molecule has 0 amide bonds. The highest BCUT2D eigenvalue weighted by Gasteiger charge is 2.44. The third-order valence-corrected chi connectivity index (χ3v) is 6.06. The van der Waals surface area contributed by atoms with Crippen molar-refractivity contribution >= 4 is 5.96 Å². The molecule has 30 heavy (non-hydrogen) atoms. The van der Waals surface area contributed by atoms with E-state index in [2.05, 4.69) is 15.6 Å². The number of benzene rings is 1. The zero-order valence-electron chi connectivity index (χ0n) is 17.5. The number of nitrogens with one attached hydrogen (secondary N) is 2. The predicted molar refractivity (Wildman–Crippen MR) is 116 cm³/mol. The third kappa shape index (κ3) is 5.48. The fourth-order valence-electron chi connectivity index (χ4n) is 4.28. The van der Waals surface area contributed by atoms with E-state index < -0.39 is 10.6 Å². The van der Waals surface area contributed by atoms with Crippen LogP contribution in [-0.4, -0.2) is 36.7 Å². The summed E-state index contributed by atoms with van der Waals surface area (Å²) in [5.41, 5.74) is 12.1.